The van der Waals surface area contributed by atoms with Gasteiger partial charge in [-0.15, -0.1) is 0 Å². The van der Waals surface area contributed by atoms with Gasteiger partial charge in [-0.1, -0.05) is 31.9 Å². The number of aromatic hydroxyl groups is 1. The molecule has 1 aliphatic carbocycles. The molecule has 0 radical (unpaired) electrons. The fraction of sp³-hybridized carbons (Fsp3) is 0.600. The second-order valence-corrected chi connectivity index (χ2v) is 5.05. The summed E-state index contributed by atoms with van der Waals surface area (Å²) in [6.45, 7) is 3.30. The highest BCUT2D eigenvalue weighted by Gasteiger charge is 2.25. The Kier molecular flexibility index (Phi) is 4.43. The number of rotatable bonds is 4. The van der Waals surface area contributed by atoms with E-state index in [2.05, 4.69) is 18.3 Å². The summed E-state index contributed by atoms with van der Waals surface area (Å²) in [7, 11) is 0. The smallest absolute Gasteiger partial charge is 0.115 e. The summed E-state index contributed by atoms with van der Waals surface area (Å²) >= 11 is 0. The van der Waals surface area contributed by atoms with Crippen LogP contribution in [0.4, 0.5) is 0 Å². The zero-order valence-electron chi connectivity index (χ0n) is 10.7. The van der Waals surface area contributed by atoms with Crippen molar-refractivity contribution in [2.45, 2.75) is 51.0 Å². The van der Waals surface area contributed by atoms with Crippen LogP contribution in [-0.2, 0) is 0 Å². The third-order valence-electron chi connectivity index (χ3n) is 3.72. The van der Waals surface area contributed by atoms with Gasteiger partial charge in [-0.25, -0.2) is 0 Å². The zero-order chi connectivity index (χ0) is 12.1. The molecule has 2 N–H and O–H groups in total. The molecule has 0 bridgehead atoms. The first-order valence-electron chi connectivity index (χ1n) is 6.83. The first-order valence-corrected chi connectivity index (χ1v) is 6.83. The van der Waals surface area contributed by atoms with Crippen molar-refractivity contribution >= 4 is 0 Å². The summed E-state index contributed by atoms with van der Waals surface area (Å²) in [5.41, 5.74) is 1.29. The van der Waals surface area contributed by atoms with Crippen LogP contribution in [0.3, 0.4) is 0 Å². The predicted molar refractivity (Wildman–Crippen MR) is 71.4 cm³/mol. The van der Waals surface area contributed by atoms with Gasteiger partial charge in [0.1, 0.15) is 5.75 Å². The van der Waals surface area contributed by atoms with Gasteiger partial charge in [0.2, 0.25) is 0 Å². The van der Waals surface area contributed by atoms with Crippen molar-refractivity contribution in [1.82, 2.24) is 5.32 Å². The van der Waals surface area contributed by atoms with Gasteiger partial charge < -0.3 is 10.4 Å². The van der Waals surface area contributed by atoms with Crippen molar-refractivity contribution in [3.63, 3.8) is 0 Å². The Labute approximate surface area is 104 Å². The molecular formula is C15H23NO. The van der Waals surface area contributed by atoms with E-state index in [4.69, 9.17) is 0 Å². The van der Waals surface area contributed by atoms with Crippen LogP contribution in [0, 0.1) is 0 Å². The number of hydrogen-bond acceptors (Lipinski definition) is 2. The number of phenols is 1. The summed E-state index contributed by atoms with van der Waals surface area (Å²) in [5.74, 6) is 0.963. The molecule has 2 unspecified atom stereocenters. The van der Waals surface area contributed by atoms with Crippen LogP contribution in [0.1, 0.15) is 50.5 Å². The minimum Gasteiger partial charge on any atom is -0.508 e. The van der Waals surface area contributed by atoms with Crippen molar-refractivity contribution < 1.29 is 5.11 Å². The van der Waals surface area contributed by atoms with Crippen LogP contribution in [0.5, 0.6) is 5.75 Å². The second kappa shape index (κ2) is 6.06. The van der Waals surface area contributed by atoms with E-state index >= 15 is 0 Å². The normalized spacial score (nSPS) is 24.8. The Hall–Kier alpha value is -1.02. The Morgan fingerprint density at radius 2 is 2.12 bits per heavy atom. The summed E-state index contributed by atoms with van der Waals surface area (Å²) in [5, 5.41) is 13.2. The maximum Gasteiger partial charge on any atom is 0.115 e. The summed E-state index contributed by atoms with van der Waals surface area (Å²) in [6, 6.07) is 8.37. The van der Waals surface area contributed by atoms with Gasteiger partial charge in [0.15, 0.2) is 0 Å². The number of nitrogens with one attached hydrogen (secondary N) is 1. The summed E-state index contributed by atoms with van der Waals surface area (Å²) in [4.78, 5) is 0. The zero-order valence-corrected chi connectivity index (χ0v) is 10.7. The van der Waals surface area contributed by atoms with Gasteiger partial charge in [0.25, 0.3) is 0 Å². The lowest BCUT2D eigenvalue weighted by molar-refractivity contribution is 0.327. The highest BCUT2D eigenvalue weighted by atomic mass is 16.3. The third kappa shape index (κ3) is 3.22. The van der Waals surface area contributed by atoms with Crippen LogP contribution in [-0.4, -0.2) is 17.7 Å². The molecule has 0 heterocycles. The molecule has 17 heavy (non-hydrogen) atoms. The molecule has 0 aromatic heterocycles. The average molecular weight is 233 g/mol. The maximum atomic E-state index is 9.59. The lowest BCUT2D eigenvalue weighted by Gasteiger charge is -2.32. The molecule has 1 aromatic rings. The van der Waals surface area contributed by atoms with Crippen LogP contribution < -0.4 is 5.32 Å². The van der Waals surface area contributed by atoms with Gasteiger partial charge in [-0.2, -0.15) is 0 Å². The fourth-order valence-electron chi connectivity index (χ4n) is 2.86. The lowest BCUT2D eigenvalue weighted by atomic mass is 9.80. The van der Waals surface area contributed by atoms with Crippen molar-refractivity contribution in [1.29, 1.82) is 0 Å². The molecular weight excluding hydrogens is 210 g/mol. The molecule has 0 amide bonds. The van der Waals surface area contributed by atoms with Crippen molar-refractivity contribution in [3.05, 3.63) is 29.8 Å². The highest BCUT2D eigenvalue weighted by Crippen LogP contribution is 2.34. The lowest BCUT2D eigenvalue weighted by Crippen LogP contribution is -2.37. The van der Waals surface area contributed by atoms with E-state index in [1.54, 1.807) is 6.07 Å². The van der Waals surface area contributed by atoms with Gasteiger partial charge >= 0.3 is 0 Å². The first-order chi connectivity index (χ1) is 8.31. The van der Waals surface area contributed by atoms with E-state index in [0.29, 0.717) is 17.7 Å². The molecule has 2 nitrogen and oxygen atoms in total. The maximum absolute atomic E-state index is 9.59. The van der Waals surface area contributed by atoms with Crippen LogP contribution in [0.2, 0.25) is 0 Å². The Morgan fingerprint density at radius 3 is 2.88 bits per heavy atom. The van der Waals surface area contributed by atoms with Crippen molar-refractivity contribution in [3.8, 4) is 5.75 Å². The molecule has 1 aromatic carbocycles. The van der Waals surface area contributed by atoms with E-state index in [9.17, 15) is 5.11 Å². The summed E-state index contributed by atoms with van der Waals surface area (Å²) < 4.78 is 0. The molecule has 1 fully saturated rings. The predicted octanol–water partition coefficient (Wildman–Crippen LogP) is 3.42. The molecule has 0 spiro atoms. The van der Waals surface area contributed by atoms with Gasteiger partial charge in [-0.05, 0) is 49.4 Å². The van der Waals surface area contributed by atoms with Crippen molar-refractivity contribution in [2.24, 2.45) is 0 Å². The van der Waals surface area contributed by atoms with Crippen LogP contribution in [0.25, 0.3) is 0 Å². The molecule has 0 saturated heterocycles. The van der Waals surface area contributed by atoms with Gasteiger partial charge in [0, 0.05) is 6.04 Å². The second-order valence-electron chi connectivity index (χ2n) is 5.05. The fourth-order valence-corrected chi connectivity index (χ4v) is 2.86. The quantitative estimate of drug-likeness (QED) is 0.835. The monoisotopic (exact) mass is 233 g/mol. The van der Waals surface area contributed by atoms with E-state index < -0.39 is 0 Å². The minimum atomic E-state index is 0.391. The Morgan fingerprint density at radius 1 is 1.29 bits per heavy atom. The van der Waals surface area contributed by atoms with Crippen LogP contribution >= 0.6 is 0 Å². The Balaban J connectivity index is 2.10. The largest absolute Gasteiger partial charge is 0.508 e. The van der Waals surface area contributed by atoms with Crippen LogP contribution in [0.15, 0.2) is 24.3 Å². The number of benzene rings is 1. The Bertz CT molecular complexity index is 351. The molecule has 2 atom stereocenters. The minimum absolute atomic E-state index is 0.391. The van der Waals surface area contributed by atoms with E-state index in [1.165, 1.54) is 37.7 Å². The molecule has 94 valence electrons. The topological polar surface area (TPSA) is 32.3 Å². The summed E-state index contributed by atoms with van der Waals surface area (Å²) in [6.07, 6.45) is 6.33. The highest BCUT2D eigenvalue weighted by molar-refractivity contribution is 5.31. The SMILES string of the molecule is CCCNC1CCCCC1c1cccc(O)c1. The van der Waals surface area contributed by atoms with E-state index in [0.717, 1.165) is 6.54 Å². The molecule has 0 aliphatic heterocycles. The third-order valence-corrected chi connectivity index (χ3v) is 3.72. The first kappa shape index (κ1) is 12.4. The molecule has 1 saturated carbocycles. The van der Waals surface area contributed by atoms with Gasteiger partial charge in [-0.3, -0.25) is 0 Å². The van der Waals surface area contributed by atoms with Crippen molar-refractivity contribution in [2.75, 3.05) is 6.54 Å². The standard InChI is InChI=1S/C15H23NO/c1-2-10-16-15-9-4-3-8-14(15)12-6-5-7-13(17)11-12/h5-7,11,14-17H,2-4,8-10H2,1H3. The average Bonchev–Trinajstić information content (AvgIpc) is 2.37. The van der Waals surface area contributed by atoms with Gasteiger partial charge in [0.05, 0.1) is 0 Å². The van der Waals surface area contributed by atoms with E-state index in [1.807, 2.05) is 12.1 Å². The number of phenolic OH excluding ortho intramolecular Hbond substituents is 1. The molecule has 1 aliphatic rings. The van der Waals surface area contributed by atoms with E-state index in [-0.39, 0.29) is 0 Å². The molecule has 2 rings (SSSR count). The molecule has 2 heteroatoms. The number of hydrogen-bond donors (Lipinski definition) is 2.